The fraction of sp³-hybridized carbons (Fsp3) is 0.333. The summed E-state index contributed by atoms with van der Waals surface area (Å²) < 4.78 is 27.7. The summed E-state index contributed by atoms with van der Waals surface area (Å²) in [7, 11) is 0. The van der Waals surface area contributed by atoms with E-state index in [0.29, 0.717) is 12.5 Å². The van der Waals surface area contributed by atoms with Crippen LogP contribution in [0.1, 0.15) is 12.8 Å². The number of hydrogen-bond acceptors (Lipinski definition) is 4. The molecule has 6 heteroatoms. The van der Waals surface area contributed by atoms with Gasteiger partial charge in [-0.25, -0.2) is 18.7 Å². The van der Waals surface area contributed by atoms with E-state index in [1.54, 1.807) is 0 Å². The quantitative estimate of drug-likeness (QED) is 0.922. The molecule has 1 saturated heterocycles. The van der Waals surface area contributed by atoms with E-state index >= 15 is 0 Å². The molecule has 2 aromatic rings. The molecular weight excluding hydrogens is 274 g/mol. The van der Waals surface area contributed by atoms with Gasteiger partial charge in [-0.15, -0.1) is 0 Å². The Labute approximate surface area is 121 Å². The molecule has 0 aliphatic carbocycles. The molecule has 0 saturated carbocycles. The summed E-state index contributed by atoms with van der Waals surface area (Å²) in [4.78, 5) is 10.5. The predicted octanol–water partition coefficient (Wildman–Crippen LogP) is 2.35. The van der Waals surface area contributed by atoms with Crippen molar-refractivity contribution in [1.82, 2.24) is 9.97 Å². The zero-order chi connectivity index (χ0) is 14.8. The van der Waals surface area contributed by atoms with E-state index in [4.69, 9.17) is 5.73 Å². The maximum absolute atomic E-state index is 13.8. The first-order chi connectivity index (χ1) is 10.1. The zero-order valence-electron chi connectivity index (χ0n) is 11.5. The number of anilines is 1. The van der Waals surface area contributed by atoms with Crippen LogP contribution in [0.25, 0.3) is 11.3 Å². The molecule has 2 N–H and O–H groups in total. The number of halogens is 2. The highest BCUT2D eigenvalue weighted by atomic mass is 19.1. The molecule has 4 nitrogen and oxygen atoms in total. The Morgan fingerprint density at radius 1 is 1.19 bits per heavy atom. The van der Waals surface area contributed by atoms with Gasteiger partial charge in [-0.05, 0) is 31.0 Å². The maximum Gasteiger partial charge on any atom is 0.225 e. The minimum absolute atomic E-state index is 0.0798. The van der Waals surface area contributed by atoms with Gasteiger partial charge >= 0.3 is 0 Å². The van der Waals surface area contributed by atoms with Gasteiger partial charge in [0.15, 0.2) is 0 Å². The standard InChI is InChI=1S/C15H16F2N4/c16-11-4-1-5-12(17)14(11)13-6-7-19-15(20-13)21-8-2-3-10(18)9-21/h1,4-7,10H,2-3,8-9,18H2. The van der Waals surface area contributed by atoms with Crippen LogP contribution in [0.5, 0.6) is 0 Å². The van der Waals surface area contributed by atoms with Gasteiger partial charge in [-0.1, -0.05) is 6.07 Å². The van der Waals surface area contributed by atoms with Crippen molar-refractivity contribution in [3.8, 4) is 11.3 Å². The monoisotopic (exact) mass is 290 g/mol. The van der Waals surface area contributed by atoms with E-state index in [1.165, 1.54) is 30.5 Å². The molecule has 1 aliphatic rings. The molecular formula is C15H16F2N4. The van der Waals surface area contributed by atoms with E-state index < -0.39 is 11.6 Å². The number of benzene rings is 1. The summed E-state index contributed by atoms with van der Waals surface area (Å²) in [5.74, 6) is -0.796. The first-order valence-corrected chi connectivity index (χ1v) is 6.93. The van der Waals surface area contributed by atoms with E-state index in [1.807, 2.05) is 4.90 Å². The van der Waals surface area contributed by atoms with Crippen LogP contribution in [0.15, 0.2) is 30.5 Å². The Morgan fingerprint density at radius 3 is 2.67 bits per heavy atom. The number of nitrogens with two attached hydrogens (primary N) is 1. The first kappa shape index (κ1) is 13.9. The Hall–Kier alpha value is -2.08. The molecule has 1 atom stereocenters. The van der Waals surface area contributed by atoms with Crippen molar-refractivity contribution in [2.75, 3.05) is 18.0 Å². The minimum Gasteiger partial charge on any atom is -0.339 e. The van der Waals surface area contributed by atoms with Gasteiger partial charge in [0, 0.05) is 25.3 Å². The van der Waals surface area contributed by atoms with Crippen LogP contribution in [0, 0.1) is 11.6 Å². The molecule has 3 rings (SSSR count). The summed E-state index contributed by atoms with van der Waals surface area (Å²) in [6.07, 6.45) is 3.45. The van der Waals surface area contributed by atoms with Crippen LogP contribution in [-0.2, 0) is 0 Å². The topological polar surface area (TPSA) is 55.0 Å². The predicted molar refractivity (Wildman–Crippen MR) is 76.8 cm³/mol. The minimum atomic E-state index is -0.630. The summed E-state index contributed by atoms with van der Waals surface area (Å²) >= 11 is 0. The molecule has 1 aliphatic heterocycles. The third-order valence-electron chi connectivity index (χ3n) is 3.60. The fourth-order valence-corrected chi connectivity index (χ4v) is 2.57. The van der Waals surface area contributed by atoms with Crippen LogP contribution in [0.3, 0.4) is 0 Å². The lowest BCUT2D eigenvalue weighted by atomic mass is 10.1. The summed E-state index contributed by atoms with van der Waals surface area (Å²) in [6.45, 7) is 1.46. The molecule has 0 amide bonds. The SMILES string of the molecule is NC1CCCN(c2nccc(-c3c(F)cccc3F)n2)C1. The summed E-state index contributed by atoms with van der Waals surface area (Å²) in [6, 6.07) is 5.36. The third-order valence-corrected chi connectivity index (χ3v) is 3.60. The van der Waals surface area contributed by atoms with E-state index in [0.717, 1.165) is 19.4 Å². The fourth-order valence-electron chi connectivity index (χ4n) is 2.57. The second kappa shape index (κ2) is 5.73. The first-order valence-electron chi connectivity index (χ1n) is 6.93. The van der Waals surface area contributed by atoms with Crippen molar-refractivity contribution in [1.29, 1.82) is 0 Å². The summed E-state index contributed by atoms with van der Waals surface area (Å²) in [5.41, 5.74) is 6.07. The van der Waals surface area contributed by atoms with Crippen molar-refractivity contribution in [2.24, 2.45) is 5.73 Å². The number of aromatic nitrogens is 2. The molecule has 0 bridgehead atoms. The van der Waals surface area contributed by atoms with Gasteiger partial charge in [-0.2, -0.15) is 0 Å². The zero-order valence-corrected chi connectivity index (χ0v) is 11.5. The Kier molecular flexibility index (Phi) is 3.79. The second-order valence-corrected chi connectivity index (χ2v) is 5.19. The number of piperidine rings is 1. The van der Waals surface area contributed by atoms with Crippen LogP contribution in [0.4, 0.5) is 14.7 Å². The molecule has 1 fully saturated rings. The van der Waals surface area contributed by atoms with Crippen LogP contribution in [0.2, 0.25) is 0 Å². The smallest absolute Gasteiger partial charge is 0.225 e. The molecule has 110 valence electrons. The largest absolute Gasteiger partial charge is 0.339 e. The van der Waals surface area contributed by atoms with Crippen molar-refractivity contribution in [3.05, 3.63) is 42.1 Å². The maximum atomic E-state index is 13.8. The van der Waals surface area contributed by atoms with Gasteiger partial charge in [0.25, 0.3) is 0 Å². The molecule has 1 unspecified atom stereocenters. The average molecular weight is 290 g/mol. The summed E-state index contributed by atoms with van der Waals surface area (Å²) in [5, 5.41) is 0. The van der Waals surface area contributed by atoms with E-state index in [-0.39, 0.29) is 17.3 Å². The van der Waals surface area contributed by atoms with Gasteiger partial charge in [0.2, 0.25) is 5.95 Å². The van der Waals surface area contributed by atoms with Crippen molar-refractivity contribution < 1.29 is 8.78 Å². The van der Waals surface area contributed by atoms with Gasteiger partial charge in [-0.3, -0.25) is 0 Å². The Balaban J connectivity index is 1.97. The lowest BCUT2D eigenvalue weighted by Gasteiger charge is -2.30. The van der Waals surface area contributed by atoms with E-state index in [9.17, 15) is 8.78 Å². The molecule has 0 spiro atoms. The molecule has 2 heterocycles. The lowest BCUT2D eigenvalue weighted by molar-refractivity contribution is 0.500. The van der Waals surface area contributed by atoms with Crippen molar-refractivity contribution >= 4 is 5.95 Å². The molecule has 1 aromatic heterocycles. The van der Waals surface area contributed by atoms with Gasteiger partial charge < -0.3 is 10.6 Å². The number of nitrogens with zero attached hydrogens (tertiary/aromatic N) is 3. The highest BCUT2D eigenvalue weighted by Gasteiger charge is 2.20. The van der Waals surface area contributed by atoms with E-state index in [2.05, 4.69) is 9.97 Å². The number of rotatable bonds is 2. The van der Waals surface area contributed by atoms with Crippen LogP contribution < -0.4 is 10.6 Å². The Morgan fingerprint density at radius 2 is 1.95 bits per heavy atom. The second-order valence-electron chi connectivity index (χ2n) is 5.19. The lowest BCUT2D eigenvalue weighted by Crippen LogP contribution is -2.43. The van der Waals surface area contributed by atoms with Crippen LogP contribution in [-0.4, -0.2) is 29.1 Å². The number of hydrogen-bond donors (Lipinski definition) is 1. The van der Waals surface area contributed by atoms with Gasteiger partial charge in [0.1, 0.15) is 11.6 Å². The van der Waals surface area contributed by atoms with Crippen molar-refractivity contribution in [3.63, 3.8) is 0 Å². The molecule has 0 radical (unpaired) electrons. The van der Waals surface area contributed by atoms with Crippen LogP contribution >= 0.6 is 0 Å². The molecule has 21 heavy (non-hydrogen) atoms. The molecule has 1 aromatic carbocycles. The highest BCUT2D eigenvalue weighted by Crippen LogP contribution is 2.25. The highest BCUT2D eigenvalue weighted by molar-refractivity contribution is 5.61. The Bertz CT molecular complexity index is 627. The van der Waals surface area contributed by atoms with Crippen molar-refractivity contribution in [2.45, 2.75) is 18.9 Å². The van der Waals surface area contributed by atoms with Gasteiger partial charge in [0.05, 0.1) is 11.3 Å². The normalized spacial score (nSPS) is 18.8. The average Bonchev–Trinajstić information content (AvgIpc) is 2.47. The third kappa shape index (κ3) is 2.85.